The molecule has 0 bridgehead atoms. The minimum atomic E-state index is -3.01. The first-order chi connectivity index (χ1) is 17.9. The summed E-state index contributed by atoms with van der Waals surface area (Å²) in [6, 6.07) is 4.64. The monoisotopic (exact) mass is 536 g/mol. The molecular formula is C27H39F3N6O2. The number of alkyl halides is 2. The summed E-state index contributed by atoms with van der Waals surface area (Å²) in [5, 5.41) is 6.22. The molecule has 2 aliphatic rings. The average Bonchev–Trinajstić information content (AvgIpc) is 3.34. The lowest BCUT2D eigenvalue weighted by Crippen LogP contribution is -2.61. The molecule has 0 unspecified atom stereocenters. The molecule has 3 heterocycles. The van der Waals surface area contributed by atoms with Gasteiger partial charge in [0, 0.05) is 35.4 Å². The van der Waals surface area contributed by atoms with Crippen molar-refractivity contribution in [3.63, 3.8) is 0 Å². The van der Waals surface area contributed by atoms with E-state index in [0.717, 1.165) is 51.5 Å². The topological polar surface area (TPSA) is 74.8 Å². The van der Waals surface area contributed by atoms with Crippen molar-refractivity contribution in [2.75, 3.05) is 43.9 Å². The number of piperidine rings is 1. The SMILES string of the molecule is CN1C(C)(C)CC(Nc2nc(Nc3ccc(OCCN4CCCC4)c(OC(F)F)c3)ncc2F)CC1(C)C. The number of aromatic nitrogens is 2. The first kappa shape index (κ1) is 28.2. The maximum atomic E-state index is 14.7. The molecule has 4 rings (SSSR count). The van der Waals surface area contributed by atoms with Crippen LogP contribution in [-0.2, 0) is 0 Å². The lowest BCUT2D eigenvalue weighted by Gasteiger charge is -2.53. The maximum absolute atomic E-state index is 14.7. The van der Waals surface area contributed by atoms with Crippen LogP contribution >= 0.6 is 0 Å². The fourth-order valence-electron chi connectivity index (χ4n) is 5.51. The number of ether oxygens (including phenoxy) is 2. The number of hydrogen-bond acceptors (Lipinski definition) is 8. The summed E-state index contributed by atoms with van der Waals surface area (Å²) in [7, 11) is 2.11. The predicted octanol–water partition coefficient (Wildman–Crippen LogP) is 5.50. The van der Waals surface area contributed by atoms with Crippen LogP contribution in [0.3, 0.4) is 0 Å². The van der Waals surface area contributed by atoms with E-state index in [1.54, 1.807) is 12.1 Å². The van der Waals surface area contributed by atoms with E-state index >= 15 is 0 Å². The van der Waals surface area contributed by atoms with E-state index in [9.17, 15) is 13.2 Å². The van der Waals surface area contributed by atoms with E-state index in [0.29, 0.717) is 12.3 Å². The van der Waals surface area contributed by atoms with Crippen LogP contribution in [0.15, 0.2) is 24.4 Å². The summed E-state index contributed by atoms with van der Waals surface area (Å²) in [5.41, 5.74) is 0.249. The Morgan fingerprint density at radius 3 is 2.42 bits per heavy atom. The standard InChI is InChI=1S/C27H39F3N6O2/c1-26(2)15-19(16-27(3,4)35(26)5)32-23-20(28)17-31-25(34-23)33-18-8-9-21(22(14-18)38-24(29)30)37-13-12-36-10-6-7-11-36/h8-9,14,17,19,24H,6-7,10-13,15-16H2,1-5H3,(H2,31,32,33,34). The van der Waals surface area contributed by atoms with Gasteiger partial charge in [-0.15, -0.1) is 0 Å². The molecule has 2 fully saturated rings. The molecule has 0 aliphatic carbocycles. The number of anilines is 3. The maximum Gasteiger partial charge on any atom is 0.387 e. The van der Waals surface area contributed by atoms with Crippen molar-refractivity contribution < 1.29 is 22.6 Å². The Morgan fingerprint density at radius 2 is 1.76 bits per heavy atom. The van der Waals surface area contributed by atoms with Crippen LogP contribution in [-0.4, -0.2) is 76.8 Å². The third-order valence-electron chi connectivity index (χ3n) is 7.67. The number of hydrogen-bond donors (Lipinski definition) is 2. The van der Waals surface area contributed by atoms with Crippen LogP contribution in [0.2, 0.25) is 0 Å². The summed E-state index contributed by atoms with van der Waals surface area (Å²) in [6.45, 7) is 8.81. The predicted molar refractivity (Wildman–Crippen MR) is 142 cm³/mol. The summed E-state index contributed by atoms with van der Waals surface area (Å²) in [6.07, 6.45) is 5.04. The Bertz CT molecular complexity index is 1080. The van der Waals surface area contributed by atoms with E-state index in [-0.39, 0.29) is 40.4 Å². The van der Waals surface area contributed by atoms with Gasteiger partial charge in [0.1, 0.15) is 6.61 Å². The normalized spacial score (nSPS) is 20.0. The average molecular weight is 537 g/mol. The second-order valence-corrected chi connectivity index (χ2v) is 11.4. The van der Waals surface area contributed by atoms with Gasteiger partial charge in [0.2, 0.25) is 5.95 Å². The second-order valence-electron chi connectivity index (χ2n) is 11.4. The summed E-state index contributed by atoms with van der Waals surface area (Å²) in [5.74, 6) is -0.207. The number of halogens is 3. The van der Waals surface area contributed by atoms with Crippen LogP contribution in [0, 0.1) is 5.82 Å². The number of rotatable bonds is 10. The van der Waals surface area contributed by atoms with Crippen molar-refractivity contribution in [3.8, 4) is 11.5 Å². The number of nitrogens with one attached hydrogen (secondary N) is 2. The van der Waals surface area contributed by atoms with E-state index in [1.165, 1.54) is 6.07 Å². The molecule has 2 aromatic rings. The van der Waals surface area contributed by atoms with Crippen LogP contribution in [0.1, 0.15) is 53.4 Å². The molecule has 2 N–H and O–H groups in total. The lowest BCUT2D eigenvalue weighted by atomic mass is 9.77. The Hall–Kier alpha value is -2.79. The van der Waals surface area contributed by atoms with Gasteiger partial charge in [-0.3, -0.25) is 9.80 Å². The van der Waals surface area contributed by atoms with Gasteiger partial charge in [0.15, 0.2) is 23.1 Å². The van der Waals surface area contributed by atoms with E-state index < -0.39 is 12.4 Å². The minimum absolute atomic E-state index is 0.0106. The van der Waals surface area contributed by atoms with Gasteiger partial charge >= 0.3 is 6.61 Å². The molecule has 0 spiro atoms. The van der Waals surface area contributed by atoms with Crippen LogP contribution in [0.4, 0.5) is 30.6 Å². The molecule has 1 aromatic heterocycles. The zero-order chi connectivity index (χ0) is 27.5. The van der Waals surface area contributed by atoms with E-state index in [2.05, 4.69) is 65.1 Å². The molecular weight excluding hydrogens is 497 g/mol. The van der Waals surface area contributed by atoms with Crippen LogP contribution in [0.5, 0.6) is 11.5 Å². The third-order valence-corrected chi connectivity index (χ3v) is 7.67. The van der Waals surface area contributed by atoms with Gasteiger partial charge in [-0.25, -0.2) is 9.37 Å². The van der Waals surface area contributed by atoms with Crippen molar-refractivity contribution in [1.82, 2.24) is 19.8 Å². The molecule has 1 aromatic carbocycles. The van der Waals surface area contributed by atoms with Crippen LogP contribution < -0.4 is 20.1 Å². The highest BCUT2D eigenvalue weighted by atomic mass is 19.3. The molecule has 2 saturated heterocycles. The Kier molecular flexibility index (Phi) is 8.56. The molecule has 11 heteroatoms. The zero-order valence-electron chi connectivity index (χ0n) is 22.9. The molecule has 0 amide bonds. The van der Waals surface area contributed by atoms with Gasteiger partial charge < -0.3 is 20.1 Å². The fourth-order valence-corrected chi connectivity index (χ4v) is 5.51. The first-order valence-electron chi connectivity index (χ1n) is 13.2. The number of likely N-dealkylation sites (tertiary alicyclic amines) is 2. The van der Waals surface area contributed by atoms with Gasteiger partial charge in [-0.2, -0.15) is 13.8 Å². The molecule has 0 radical (unpaired) electrons. The zero-order valence-corrected chi connectivity index (χ0v) is 22.9. The van der Waals surface area contributed by atoms with Crippen molar-refractivity contribution >= 4 is 17.5 Å². The van der Waals surface area contributed by atoms with E-state index in [4.69, 9.17) is 9.47 Å². The van der Waals surface area contributed by atoms with Gasteiger partial charge in [0.25, 0.3) is 0 Å². The van der Waals surface area contributed by atoms with Gasteiger partial charge in [-0.05, 0) is 85.6 Å². The molecule has 2 aliphatic heterocycles. The highest BCUT2D eigenvalue weighted by Crippen LogP contribution is 2.38. The Balaban J connectivity index is 1.45. The third kappa shape index (κ3) is 6.99. The van der Waals surface area contributed by atoms with E-state index in [1.807, 2.05) is 0 Å². The summed E-state index contributed by atoms with van der Waals surface area (Å²) >= 11 is 0. The van der Waals surface area contributed by atoms with Crippen molar-refractivity contribution in [1.29, 1.82) is 0 Å². The summed E-state index contributed by atoms with van der Waals surface area (Å²) < 4.78 is 51.3. The van der Waals surface area contributed by atoms with Gasteiger partial charge in [0.05, 0.1) is 6.20 Å². The summed E-state index contributed by atoms with van der Waals surface area (Å²) in [4.78, 5) is 13.0. The highest BCUT2D eigenvalue weighted by Gasteiger charge is 2.43. The van der Waals surface area contributed by atoms with Gasteiger partial charge in [-0.1, -0.05) is 0 Å². The lowest BCUT2D eigenvalue weighted by molar-refractivity contribution is -0.0515. The highest BCUT2D eigenvalue weighted by molar-refractivity contribution is 5.60. The quantitative estimate of drug-likeness (QED) is 0.413. The molecule has 8 nitrogen and oxygen atoms in total. The Morgan fingerprint density at radius 1 is 1.08 bits per heavy atom. The number of benzene rings is 1. The largest absolute Gasteiger partial charge is 0.488 e. The van der Waals surface area contributed by atoms with Crippen molar-refractivity contribution in [2.45, 2.75) is 77.1 Å². The Labute approximate surface area is 222 Å². The molecule has 0 atom stereocenters. The van der Waals surface area contributed by atoms with Crippen molar-refractivity contribution in [2.24, 2.45) is 0 Å². The molecule has 0 saturated carbocycles. The second kappa shape index (κ2) is 11.5. The first-order valence-corrected chi connectivity index (χ1v) is 13.2. The molecule has 210 valence electrons. The molecule has 38 heavy (non-hydrogen) atoms. The van der Waals surface area contributed by atoms with Crippen LogP contribution in [0.25, 0.3) is 0 Å². The fraction of sp³-hybridized carbons (Fsp3) is 0.630. The number of nitrogens with zero attached hydrogens (tertiary/aromatic N) is 4. The smallest absolute Gasteiger partial charge is 0.387 e. The van der Waals surface area contributed by atoms with Crippen molar-refractivity contribution in [3.05, 3.63) is 30.2 Å². The minimum Gasteiger partial charge on any atom is -0.488 e.